The summed E-state index contributed by atoms with van der Waals surface area (Å²) in [6.07, 6.45) is 2.97. The van der Waals surface area contributed by atoms with Crippen molar-refractivity contribution in [2.24, 2.45) is 0 Å². The molecule has 1 N–H and O–H groups in total. The Morgan fingerprint density at radius 3 is 3.00 bits per heavy atom. The standard InChI is InChI=1S/C8H9BrN2O3/c9-5-4-11(6-2-1-3-14-6)8(13)10-7(5)12/h4,6H,1-3H2,(H,10,12,13)/t6-/m1/s1. The van der Waals surface area contributed by atoms with Crippen LogP contribution in [0.2, 0.25) is 0 Å². The van der Waals surface area contributed by atoms with Crippen molar-refractivity contribution in [3.05, 3.63) is 31.5 Å². The molecule has 0 saturated carbocycles. The first-order valence-electron chi connectivity index (χ1n) is 4.31. The molecular weight excluding hydrogens is 252 g/mol. The van der Waals surface area contributed by atoms with Gasteiger partial charge in [-0.3, -0.25) is 14.3 Å². The maximum atomic E-state index is 11.4. The largest absolute Gasteiger partial charge is 0.358 e. The molecule has 0 aliphatic carbocycles. The average molecular weight is 261 g/mol. The van der Waals surface area contributed by atoms with E-state index in [9.17, 15) is 9.59 Å². The molecule has 1 aliphatic rings. The first kappa shape index (κ1) is 9.67. The molecule has 6 heteroatoms. The third-order valence-corrected chi connectivity index (χ3v) is 2.71. The number of nitrogens with one attached hydrogen (secondary N) is 1. The van der Waals surface area contributed by atoms with Crippen molar-refractivity contribution in [2.45, 2.75) is 19.1 Å². The number of ether oxygens (including phenoxy) is 1. The van der Waals surface area contributed by atoms with E-state index in [1.807, 2.05) is 0 Å². The summed E-state index contributed by atoms with van der Waals surface area (Å²) in [5, 5.41) is 0. The second-order valence-electron chi connectivity index (χ2n) is 3.11. The van der Waals surface area contributed by atoms with E-state index in [-0.39, 0.29) is 6.23 Å². The first-order chi connectivity index (χ1) is 6.68. The Morgan fingerprint density at radius 1 is 1.57 bits per heavy atom. The van der Waals surface area contributed by atoms with E-state index in [4.69, 9.17) is 4.74 Å². The van der Waals surface area contributed by atoms with Crippen molar-refractivity contribution in [3.63, 3.8) is 0 Å². The van der Waals surface area contributed by atoms with Gasteiger partial charge in [-0.25, -0.2) is 4.79 Å². The van der Waals surface area contributed by atoms with E-state index >= 15 is 0 Å². The van der Waals surface area contributed by atoms with Crippen molar-refractivity contribution in [3.8, 4) is 0 Å². The summed E-state index contributed by atoms with van der Waals surface area (Å²) >= 11 is 3.07. The molecule has 1 saturated heterocycles. The van der Waals surface area contributed by atoms with Gasteiger partial charge < -0.3 is 4.74 Å². The Balaban J connectivity index is 2.47. The lowest BCUT2D eigenvalue weighted by Crippen LogP contribution is -2.32. The molecule has 14 heavy (non-hydrogen) atoms. The van der Waals surface area contributed by atoms with Crippen LogP contribution in [0, 0.1) is 0 Å². The monoisotopic (exact) mass is 260 g/mol. The van der Waals surface area contributed by atoms with Gasteiger partial charge in [0.2, 0.25) is 0 Å². The molecule has 1 aromatic rings. The molecule has 0 spiro atoms. The van der Waals surface area contributed by atoms with Crippen LogP contribution < -0.4 is 11.2 Å². The fourth-order valence-electron chi connectivity index (χ4n) is 1.45. The number of H-pyrrole nitrogens is 1. The van der Waals surface area contributed by atoms with E-state index in [2.05, 4.69) is 20.9 Å². The smallest absolute Gasteiger partial charge is 0.330 e. The van der Waals surface area contributed by atoms with Crippen molar-refractivity contribution in [2.75, 3.05) is 6.61 Å². The summed E-state index contributed by atoms with van der Waals surface area (Å²) < 4.78 is 7.08. The van der Waals surface area contributed by atoms with Crippen LogP contribution >= 0.6 is 15.9 Å². The van der Waals surface area contributed by atoms with Gasteiger partial charge in [0.05, 0.1) is 4.47 Å². The number of aromatic nitrogens is 2. The molecule has 0 radical (unpaired) electrons. The van der Waals surface area contributed by atoms with Crippen LogP contribution in [0.4, 0.5) is 0 Å². The van der Waals surface area contributed by atoms with Crippen molar-refractivity contribution >= 4 is 15.9 Å². The summed E-state index contributed by atoms with van der Waals surface area (Å²) in [6, 6.07) is 0. The van der Waals surface area contributed by atoms with E-state index in [1.54, 1.807) is 0 Å². The van der Waals surface area contributed by atoms with Gasteiger partial charge in [0.15, 0.2) is 0 Å². The highest BCUT2D eigenvalue weighted by Crippen LogP contribution is 2.21. The Labute approximate surface area is 87.8 Å². The fraction of sp³-hybridized carbons (Fsp3) is 0.500. The van der Waals surface area contributed by atoms with Crippen LogP contribution in [0.3, 0.4) is 0 Å². The zero-order valence-corrected chi connectivity index (χ0v) is 8.91. The molecule has 76 valence electrons. The molecule has 1 atom stereocenters. The van der Waals surface area contributed by atoms with Crippen LogP contribution in [0.25, 0.3) is 0 Å². The number of nitrogens with zero attached hydrogens (tertiary/aromatic N) is 1. The highest BCUT2D eigenvalue weighted by Gasteiger charge is 2.19. The minimum absolute atomic E-state index is 0.240. The molecule has 2 rings (SSSR count). The zero-order chi connectivity index (χ0) is 10.1. The molecule has 5 nitrogen and oxygen atoms in total. The Morgan fingerprint density at radius 2 is 2.36 bits per heavy atom. The highest BCUT2D eigenvalue weighted by molar-refractivity contribution is 9.10. The normalized spacial score (nSPS) is 21.4. The number of hydrogen-bond acceptors (Lipinski definition) is 3. The predicted octanol–water partition coefficient (Wildman–Crippen LogP) is 0.608. The maximum absolute atomic E-state index is 11.4. The van der Waals surface area contributed by atoms with Crippen molar-refractivity contribution in [1.29, 1.82) is 0 Å². The Kier molecular flexibility index (Phi) is 2.56. The summed E-state index contributed by atoms with van der Waals surface area (Å²) in [6.45, 7) is 0.661. The van der Waals surface area contributed by atoms with Gasteiger partial charge in [0.1, 0.15) is 6.23 Å². The summed E-state index contributed by atoms with van der Waals surface area (Å²) in [7, 11) is 0. The minimum Gasteiger partial charge on any atom is -0.358 e. The lowest BCUT2D eigenvalue weighted by Gasteiger charge is -2.12. The molecule has 0 unspecified atom stereocenters. The number of halogens is 1. The quantitative estimate of drug-likeness (QED) is 0.805. The average Bonchev–Trinajstić information content (AvgIpc) is 2.64. The second kappa shape index (κ2) is 3.70. The molecule has 0 bridgehead atoms. The van der Waals surface area contributed by atoms with E-state index in [1.165, 1.54) is 10.8 Å². The third-order valence-electron chi connectivity index (χ3n) is 2.14. The van der Waals surface area contributed by atoms with Crippen LogP contribution in [0.15, 0.2) is 20.3 Å². The van der Waals surface area contributed by atoms with Crippen molar-refractivity contribution < 1.29 is 4.74 Å². The van der Waals surface area contributed by atoms with Gasteiger partial charge in [0, 0.05) is 12.8 Å². The van der Waals surface area contributed by atoms with Crippen LogP contribution in [-0.4, -0.2) is 16.2 Å². The van der Waals surface area contributed by atoms with Gasteiger partial charge in [-0.2, -0.15) is 0 Å². The molecule has 0 aromatic carbocycles. The van der Waals surface area contributed by atoms with Crippen LogP contribution in [0.1, 0.15) is 19.1 Å². The summed E-state index contributed by atoms with van der Waals surface area (Å²) in [4.78, 5) is 24.6. The third kappa shape index (κ3) is 1.67. The molecule has 1 aromatic heterocycles. The van der Waals surface area contributed by atoms with Gasteiger partial charge >= 0.3 is 5.69 Å². The zero-order valence-electron chi connectivity index (χ0n) is 7.33. The topological polar surface area (TPSA) is 64.1 Å². The van der Waals surface area contributed by atoms with Crippen molar-refractivity contribution in [1.82, 2.24) is 9.55 Å². The van der Waals surface area contributed by atoms with E-state index < -0.39 is 11.2 Å². The highest BCUT2D eigenvalue weighted by atomic mass is 79.9. The number of rotatable bonds is 1. The first-order valence-corrected chi connectivity index (χ1v) is 5.10. The SMILES string of the molecule is O=c1[nH]c(=O)n([C@H]2CCCO2)cc1Br. The predicted molar refractivity (Wildman–Crippen MR) is 53.2 cm³/mol. The number of hydrogen-bond donors (Lipinski definition) is 1. The molecule has 2 heterocycles. The molecule has 1 aliphatic heterocycles. The maximum Gasteiger partial charge on any atom is 0.330 e. The van der Waals surface area contributed by atoms with E-state index in [0.717, 1.165) is 12.8 Å². The summed E-state index contributed by atoms with van der Waals surface area (Å²) in [5.41, 5.74) is -0.839. The molecular formula is C8H9BrN2O3. The van der Waals surface area contributed by atoms with Crippen LogP contribution in [-0.2, 0) is 4.74 Å². The minimum atomic E-state index is -0.426. The number of aromatic amines is 1. The van der Waals surface area contributed by atoms with Gasteiger partial charge in [0.25, 0.3) is 5.56 Å². The second-order valence-corrected chi connectivity index (χ2v) is 3.97. The van der Waals surface area contributed by atoms with Gasteiger partial charge in [-0.15, -0.1) is 0 Å². The van der Waals surface area contributed by atoms with Gasteiger partial charge in [-0.05, 0) is 28.8 Å². The molecule has 1 fully saturated rings. The van der Waals surface area contributed by atoms with Crippen LogP contribution in [0.5, 0.6) is 0 Å². The molecule has 0 amide bonds. The Bertz CT molecular complexity index is 445. The Hall–Kier alpha value is -0.880. The van der Waals surface area contributed by atoms with E-state index in [0.29, 0.717) is 11.1 Å². The lowest BCUT2D eigenvalue weighted by atomic mass is 10.3. The fourth-order valence-corrected chi connectivity index (χ4v) is 1.77. The summed E-state index contributed by atoms with van der Waals surface area (Å²) in [5.74, 6) is 0. The van der Waals surface area contributed by atoms with Gasteiger partial charge in [-0.1, -0.05) is 0 Å². The lowest BCUT2D eigenvalue weighted by molar-refractivity contribution is 0.0524.